The van der Waals surface area contributed by atoms with Crippen LogP contribution in [-0.2, 0) is 0 Å². The van der Waals surface area contributed by atoms with E-state index in [1.165, 1.54) is 6.21 Å². The molecule has 0 saturated carbocycles. The molecule has 0 aromatic heterocycles. The van der Waals surface area contributed by atoms with Crippen LogP contribution in [0.15, 0.2) is 4.99 Å². The Hall–Kier alpha value is 0.540. The first-order chi connectivity index (χ1) is 9.54. The Morgan fingerprint density at radius 2 is 1.50 bits per heavy atom. The van der Waals surface area contributed by atoms with Crippen molar-refractivity contribution < 1.29 is 4.79 Å². The molecule has 2 amide bonds. The molecule has 3 nitrogen and oxygen atoms in total. The highest BCUT2D eigenvalue weighted by atomic mass is 32.1. The fraction of sp³-hybridized carbons (Fsp3) is 0.846. The van der Waals surface area contributed by atoms with E-state index in [1.807, 2.05) is 0 Å². The Morgan fingerprint density at radius 1 is 1.05 bits per heavy atom. The van der Waals surface area contributed by atoms with Gasteiger partial charge in [0.25, 0.3) is 0 Å². The SMILES string of the molecule is C/C=N/C(=O)N(CCC(S)CCS)CCC(S)CCS. The molecule has 2 unspecified atom stereocenters. The van der Waals surface area contributed by atoms with Crippen molar-refractivity contribution in [1.29, 1.82) is 0 Å². The van der Waals surface area contributed by atoms with E-state index in [0.29, 0.717) is 13.1 Å². The van der Waals surface area contributed by atoms with Crippen molar-refractivity contribution in [1.82, 2.24) is 4.90 Å². The molecule has 0 fully saturated rings. The van der Waals surface area contributed by atoms with Crippen LogP contribution >= 0.6 is 50.5 Å². The summed E-state index contributed by atoms with van der Waals surface area (Å²) < 4.78 is 0. The van der Waals surface area contributed by atoms with Crippen LogP contribution in [0.3, 0.4) is 0 Å². The second kappa shape index (κ2) is 13.2. The topological polar surface area (TPSA) is 32.7 Å². The van der Waals surface area contributed by atoms with Crippen LogP contribution in [0.4, 0.5) is 4.79 Å². The summed E-state index contributed by atoms with van der Waals surface area (Å²) in [5, 5.41) is 0.551. The zero-order valence-corrected chi connectivity index (χ0v) is 15.6. The van der Waals surface area contributed by atoms with Gasteiger partial charge in [-0.2, -0.15) is 50.5 Å². The van der Waals surface area contributed by atoms with Crippen LogP contribution in [0.25, 0.3) is 0 Å². The van der Waals surface area contributed by atoms with E-state index < -0.39 is 0 Å². The van der Waals surface area contributed by atoms with Gasteiger partial charge in [0.2, 0.25) is 0 Å². The normalized spacial score (nSPS) is 14.4. The van der Waals surface area contributed by atoms with Crippen LogP contribution in [0.2, 0.25) is 0 Å². The number of hydrogen-bond acceptors (Lipinski definition) is 5. The number of hydrogen-bond donors (Lipinski definition) is 4. The van der Waals surface area contributed by atoms with Crippen molar-refractivity contribution in [3.63, 3.8) is 0 Å². The fourth-order valence-electron chi connectivity index (χ4n) is 1.69. The van der Waals surface area contributed by atoms with Crippen molar-refractivity contribution in [2.75, 3.05) is 24.6 Å². The number of aliphatic imine (C=N–C) groups is 1. The Morgan fingerprint density at radius 3 is 1.85 bits per heavy atom. The molecular weight excluding hydrogens is 328 g/mol. The zero-order chi connectivity index (χ0) is 15.4. The molecule has 0 aromatic carbocycles. The predicted molar refractivity (Wildman–Crippen MR) is 103 cm³/mol. The van der Waals surface area contributed by atoms with Crippen LogP contribution in [0, 0.1) is 0 Å². The number of amides is 2. The Bertz CT molecular complexity index is 274. The number of carbonyl (C=O) groups excluding carboxylic acids is 1. The third-order valence-electron chi connectivity index (χ3n) is 2.90. The monoisotopic (exact) mass is 354 g/mol. The number of nitrogens with zero attached hydrogens (tertiary/aromatic N) is 2. The molecule has 0 radical (unpaired) electrons. The van der Waals surface area contributed by atoms with Gasteiger partial charge in [-0.05, 0) is 44.1 Å². The average molecular weight is 355 g/mol. The smallest absolute Gasteiger partial charge is 0.323 e. The fourth-order valence-corrected chi connectivity index (χ4v) is 3.21. The molecule has 0 spiro atoms. The average Bonchev–Trinajstić information content (AvgIpc) is 2.39. The second-order valence-electron chi connectivity index (χ2n) is 4.57. The van der Waals surface area contributed by atoms with Gasteiger partial charge in [0.05, 0.1) is 0 Å². The van der Waals surface area contributed by atoms with E-state index >= 15 is 0 Å². The summed E-state index contributed by atoms with van der Waals surface area (Å²) in [6.45, 7) is 3.11. The molecule has 0 heterocycles. The first kappa shape index (κ1) is 20.5. The first-order valence-electron chi connectivity index (χ1n) is 6.90. The quantitative estimate of drug-likeness (QED) is 0.351. The van der Waals surface area contributed by atoms with Gasteiger partial charge >= 0.3 is 6.03 Å². The van der Waals surface area contributed by atoms with Crippen LogP contribution < -0.4 is 0 Å². The molecular formula is C13H26N2OS4. The van der Waals surface area contributed by atoms with Gasteiger partial charge in [-0.25, -0.2) is 9.79 Å². The second-order valence-corrected chi connectivity index (χ2v) is 6.92. The highest BCUT2D eigenvalue weighted by Crippen LogP contribution is 2.12. The number of rotatable bonds is 10. The highest BCUT2D eigenvalue weighted by molar-refractivity contribution is 7.81. The van der Waals surface area contributed by atoms with Crippen molar-refractivity contribution in [3.8, 4) is 0 Å². The maximum atomic E-state index is 11.9. The van der Waals surface area contributed by atoms with Gasteiger partial charge in [-0.15, -0.1) is 0 Å². The predicted octanol–water partition coefficient (Wildman–Crippen LogP) is 3.52. The van der Waals surface area contributed by atoms with Gasteiger partial charge in [-0.1, -0.05) is 0 Å². The van der Waals surface area contributed by atoms with E-state index in [2.05, 4.69) is 55.5 Å². The Kier molecular flexibility index (Phi) is 13.6. The minimum Gasteiger partial charge on any atom is -0.323 e. The molecule has 2 atom stereocenters. The summed E-state index contributed by atoms with van der Waals surface area (Å²) in [4.78, 5) is 17.6. The van der Waals surface area contributed by atoms with Crippen LogP contribution in [0.1, 0.15) is 32.6 Å². The molecule has 0 N–H and O–H groups in total. The minimum atomic E-state index is -0.176. The number of carbonyl (C=O) groups is 1. The summed E-state index contributed by atoms with van der Waals surface area (Å²) in [5.74, 6) is 1.63. The molecule has 0 saturated heterocycles. The summed E-state index contributed by atoms with van der Waals surface area (Å²) >= 11 is 17.4. The zero-order valence-electron chi connectivity index (χ0n) is 12.0. The highest BCUT2D eigenvalue weighted by Gasteiger charge is 2.15. The maximum Gasteiger partial charge on any atom is 0.343 e. The number of urea groups is 1. The third-order valence-corrected chi connectivity index (χ3v) is 4.45. The van der Waals surface area contributed by atoms with Crippen LogP contribution in [-0.4, -0.2) is 52.2 Å². The standard InChI is InChI=1S/C13H26N2OS4/c1-2-14-13(16)15(7-3-11(19)5-9-17)8-4-12(20)6-10-18/h2,11-12,17-20H,3-10H2,1H3/b14-2+. The molecule has 0 aromatic rings. The van der Waals surface area contributed by atoms with Gasteiger partial charge < -0.3 is 4.90 Å². The van der Waals surface area contributed by atoms with Gasteiger partial charge in [-0.3, -0.25) is 0 Å². The molecule has 0 bridgehead atoms. The summed E-state index contributed by atoms with van der Waals surface area (Å²) in [5.41, 5.74) is 0. The van der Waals surface area contributed by atoms with Crippen LogP contribution in [0.5, 0.6) is 0 Å². The van der Waals surface area contributed by atoms with Gasteiger partial charge in [0.15, 0.2) is 0 Å². The molecule has 0 aliphatic rings. The van der Waals surface area contributed by atoms with E-state index in [-0.39, 0.29) is 16.5 Å². The minimum absolute atomic E-state index is 0.176. The van der Waals surface area contributed by atoms with Crippen molar-refractivity contribution >= 4 is 62.8 Å². The van der Waals surface area contributed by atoms with E-state index in [0.717, 1.165) is 37.2 Å². The molecule has 7 heteroatoms. The van der Waals surface area contributed by atoms with Crippen molar-refractivity contribution in [3.05, 3.63) is 0 Å². The maximum absolute atomic E-state index is 11.9. The van der Waals surface area contributed by atoms with Crippen molar-refractivity contribution in [2.45, 2.75) is 43.1 Å². The molecule has 118 valence electrons. The lowest BCUT2D eigenvalue weighted by molar-refractivity contribution is 0.206. The van der Waals surface area contributed by atoms with Gasteiger partial charge in [0, 0.05) is 29.8 Å². The summed E-state index contributed by atoms with van der Waals surface area (Å²) in [6.07, 6.45) is 5.14. The Balaban J connectivity index is 4.30. The first-order valence-corrected chi connectivity index (χ1v) is 9.20. The van der Waals surface area contributed by atoms with E-state index in [4.69, 9.17) is 0 Å². The van der Waals surface area contributed by atoms with Crippen molar-refractivity contribution in [2.24, 2.45) is 4.99 Å². The lowest BCUT2D eigenvalue weighted by Gasteiger charge is -2.23. The lowest BCUT2D eigenvalue weighted by Crippen LogP contribution is -2.33. The molecule has 20 heavy (non-hydrogen) atoms. The summed E-state index contributed by atoms with van der Waals surface area (Å²) in [6, 6.07) is -0.176. The van der Waals surface area contributed by atoms with Gasteiger partial charge in [0.1, 0.15) is 0 Å². The number of thiol groups is 4. The summed E-state index contributed by atoms with van der Waals surface area (Å²) in [7, 11) is 0. The molecule has 0 rings (SSSR count). The largest absolute Gasteiger partial charge is 0.343 e. The molecule has 0 aliphatic carbocycles. The third kappa shape index (κ3) is 10.3. The lowest BCUT2D eigenvalue weighted by atomic mass is 10.2. The molecule has 0 aliphatic heterocycles. The van der Waals surface area contributed by atoms with E-state index in [9.17, 15) is 4.79 Å². The Labute approximate surface area is 145 Å². The van der Waals surface area contributed by atoms with E-state index in [1.54, 1.807) is 11.8 Å².